The summed E-state index contributed by atoms with van der Waals surface area (Å²) in [5.41, 5.74) is 6.14. The van der Waals surface area contributed by atoms with E-state index in [-0.39, 0.29) is 29.9 Å². The molecule has 8 nitrogen and oxygen atoms in total. The summed E-state index contributed by atoms with van der Waals surface area (Å²) in [7, 11) is 0. The number of amides is 2. The highest BCUT2D eigenvalue weighted by Crippen LogP contribution is 2.35. The van der Waals surface area contributed by atoms with E-state index < -0.39 is 6.04 Å². The third-order valence-corrected chi connectivity index (χ3v) is 8.69. The van der Waals surface area contributed by atoms with Gasteiger partial charge in [0.15, 0.2) is 0 Å². The lowest BCUT2D eigenvalue weighted by Crippen LogP contribution is -2.43. The molecule has 8 heteroatoms. The van der Waals surface area contributed by atoms with Crippen LogP contribution < -0.4 is 5.32 Å². The van der Waals surface area contributed by atoms with Gasteiger partial charge in [-0.3, -0.25) is 9.59 Å². The molecule has 0 radical (unpaired) electrons. The molecule has 0 spiro atoms. The standard InChI is InChI=1S/C35H36N4O4/c40-34(28-16-17-28)38-32(27-5-2-1-3-6-27)35(41)39-18-4-7-30(39)33-36-21-29(37-33)25-12-8-23(9-13-25)24-10-14-26(15-11-24)31-22-42-19-20-43-31/h1-3,5-6,8-15,21,28,30-32H,4,7,16-20,22H2,(H,36,37)(H,38,40)/t30-,31?,32-/m0/s1. The first-order valence-electron chi connectivity index (χ1n) is 15.2. The van der Waals surface area contributed by atoms with Crippen LogP contribution in [0, 0.1) is 5.92 Å². The molecule has 1 aliphatic carbocycles. The summed E-state index contributed by atoms with van der Waals surface area (Å²) in [6.45, 7) is 2.52. The third-order valence-electron chi connectivity index (χ3n) is 8.69. The Morgan fingerprint density at radius 1 is 0.884 bits per heavy atom. The number of hydrogen-bond donors (Lipinski definition) is 2. The number of rotatable bonds is 8. The van der Waals surface area contributed by atoms with Crippen molar-refractivity contribution in [2.45, 2.75) is 43.9 Å². The number of benzene rings is 3. The van der Waals surface area contributed by atoms with E-state index in [0.717, 1.165) is 65.0 Å². The quantitative estimate of drug-likeness (QED) is 0.278. The predicted molar refractivity (Wildman–Crippen MR) is 163 cm³/mol. The van der Waals surface area contributed by atoms with Gasteiger partial charge in [0.1, 0.15) is 18.0 Å². The van der Waals surface area contributed by atoms with Crippen molar-refractivity contribution in [1.29, 1.82) is 0 Å². The largest absolute Gasteiger partial charge is 0.376 e. The molecule has 2 N–H and O–H groups in total. The summed E-state index contributed by atoms with van der Waals surface area (Å²) < 4.78 is 11.4. The van der Waals surface area contributed by atoms with Gasteiger partial charge in [-0.1, -0.05) is 78.9 Å². The molecule has 3 aromatic carbocycles. The van der Waals surface area contributed by atoms with Crippen molar-refractivity contribution in [2.75, 3.05) is 26.4 Å². The van der Waals surface area contributed by atoms with E-state index in [1.54, 1.807) is 0 Å². The van der Waals surface area contributed by atoms with E-state index in [4.69, 9.17) is 14.5 Å². The summed E-state index contributed by atoms with van der Waals surface area (Å²) in [5, 5.41) is 3.04. The zero-order valence-electron chi connectivity index (χ0n) is 24.1. The number of H-pyrrole nitrogens is 1. The Hall–Kier alpha value is -4.27. The minimum Gasteiger partial charge on any atom is -0.376 e. The van der Waals surface area contributed by atoms with Crippen molar-refractivity contribution in [1.82, 2.24) is 20.2 Å². The number of aromatic amines is 1. The second-order valence-electron chi connectivity index (χ2n) is 11.6. The molecular formula is C35H36N4O4. The Morgan fingerprint density at radius 3 is 2.30 bits per heavy atom. The second-order valence-corrected chi connectivity index (χ2v) is 11.6. The van der Waals surface area contributed by atoms with Crippen molar-refractivity contribution >= 4 is 11.8 Å². The van der Waals surface area contributed by atoms with Gasteiger partial charge >= 0.3 is 0 Å². The van der Waals surface area contributed by atoms with E-state index in [1.165, 1.54) is 0 Å². The molecule has 1 saturated carbocycles. The Morgan fingerprint density at radius 2 is 1.60 bits per heavy atom. The summed E-state index contributed by atoms with van der Waals surface area (Å²) in [6.07, 6.45) is 5.33. The van der Waals surface area contributed by atoms with Crippen LogP contribution in [0.1, 0.15) is 60.8 Å². The molecule has 2 aliphatic heterocycles. The van der Waals surface area contributed by atoms with Crippen LogP contribution in [0.4, 0.5) is 0 Å². The highest BCUT2D eigenvalue weighted by atomic mass is 16.6. The molecule has 220 valence electrons. The lowest BCUT2D eigenvalue weighted by atomic mass is 10.0. The van der Waals surface area contributed by atoms with Gasteiger partial charge in [-0.15, -0.1) is 0 Å². The minimum atomic E-state index is -0.700. The summed E-state index contributed by atoms with van der Waals surface area (Å²) in [4.78, 5) is 36.7. The van der Waals surface area contributed by atoms with Gasteiger partial charge < -0.3 is 24.7 Å². The number of aromatic nitrogens is 2. The molecule has 7 rings (SSSR count). The molecule has 3 heterocycles. The monoisotopic (exact) mass is 576 g/mol. The average Bonchev–Trinajstić information content (AvgIpc) is 3.60. The van der Waals surface area contributed by atoms with E-state index in [9.17, 15) is 9.59 Å². The summed E-state index contributed by atoms with van der Waals surface area (Å²) >= 11 is 0. The van der Waals surface area contributed by atoms with Crippen LogP contribution in [0.25, 0.3) is 22.4 Å². The molecule has 1 unspecified atom stereocenters. The lowest BCUT2D eigenvalue weighted by Gasteiger charge is -2.28. The van der Waals surface area contributed by atoms with Crippen LogP contribution in [-0.4, -0.2) is 53.0 Å². The number of imidazole rings is 1. The van der Waals surface area contributed by atoms with Gasteiger partial charge in [0.05, 0.1) is 37.8 Å². The number of ether oxygens (including phenoxy) is 2. The number of nitrogens with one attached hydrogen (secondary N) is 2. The van der Waals surface area contributed by atoms with Crippen LogP contribution in [0.3, 0.4) is 0 Å². The zero-order valence-corrected chi connectivity index (χ0v) is 24.1. The topological polar surface area (TPSA) is 96.6 Å². The highest BCUT2D eigenvalue weighted by Gasteiger charge is 2.39. The normalized spacial score (nSPS) is 21.0. The van der Waals surface area contributed by atoms with Crippen molar-refractivity contribution in [3.05, 3.63) is 102 Å². The minimum absolute atomic E-state index is 0.00319. The number of hydrogen-bond acceptors (Lipinski definition) is 5. The molecule has 43 heavy (non-hydrogen) atoms. The van der Waals surface area contributed by atoms with Crippen molar-refractivity contribution in [3.63, 3.8) is 0 Å². The number of carbonyl (C=O) groups excluding carboxylic acids is 2. The van der Waals surface area contributed by atoms with Crippen molar-refractivity contribution < 1.29 is 19.1 Å². The maximum absolute atomic E-state index is 13.9. The smallest absolute Gasteiger partial charge is 0.250 e. The van der Waals surface area contributed by atoms with E-state index in [1.807, 2.05) is 41.4 Å². The fourth-order valence-corrected chi connectivity index (χ4v) is 6.08. The fraction of sp³-hybridized carbons (Fsp3) is 0.343. The average molecular weight is 577 g/mol. The van der Waals surface area contributed by atoms with Crippen LogP contribution in [0.2, 0.25) is 0 Å². The van der Waals surface area contributed by atoms with Crippen LogP contribution in [0.5, 0.6) is 0 Å². The summed E-state index contributed by atoms with van der Waals surface area (Å²) in [6, 6.07) is 25.6. The first kappa shape index (κ1) is 27.6. The Balaban J connectivity index is 1.06. The van der Waals surface area contributed by atoms with E-state index >= 15 is 0 Å². The van der Waals surface area contributed by atoms with Gasteiger partial charge in [-0.05, 0) is 53.5 Å². The van der Waals surface area contributed by atoms with Gasteiger partial charge in [0, 0.05) is 12.5 Å². The SMILES string of the molecule is O=C(N[C@H](C(=O)N1CCC[C@H]1c1ncc(-c2ccc(-c3ccc(C4COCCO4)cc3)cc2)[nH]1)c1ccccc1)C1CC1. The molecule has 2 amide bonds. The van der Waals surface area contributed by atoms with Gasteiger partial charge in [0.25, 0.3) is 0 Å². The predicted octanol–water partition coefficient (Wildman–Crippen LogP) is 5.76. The van der Waals surface area contributed by atoms with Gasteiger partial charge in [-0.25, -0.2) is 4.98 Å². The molecular weight excluding hydrogens is 540 g/mol. The Kier molecular flexibility index (Phi) is 7.79. The van der Waals surface area contributed by atoms with Crippen LogP contribution in [-0.2, 0) is 19.1 Å². The first-order chi connectivity index (χ1) is 21.1. The first-order valence-corrected chi connectivity index (χ1v) is 15.2. The molecule has 1 aromatic heterocycles. The number of likely N-dealkylation sites (tertiary alicyclic amines) is 1. The number of carbonyl (C=O) groups is 2. The van der Waals surface area contributed by atoms with E-state index in [2.05, 4.69) is 58.8 Å². The zero-order chi connectivity index (χ0) is 29.2. The molecule has 3 fully saturated rings. The van der Waals surface area contributed by atoms with Gasteiger partial charge in [-0.2, -0.15) is 0 Å². The van der Waals surface area contributed by atoms with Crippen LogP contribution >= 0.6 is 0 Å². The molecule has 4 aromatic rings. The highest BCUT2D eigenvalue weighted by molar-refractivity contribution is 5.90. The fourth-order valence-electron chi connectivity index (χ4n) is 6.08. The van der Waals surface area contributed by atoms with Crippen molar-refractivity contribution in [2.24, 2.45) is 5.92 Å². The molecule has 3 atom stereocenters. The molecule has 2 saturated heterocycles. The van der Waals surface area contributed by atoms with Crippen molar-refractivity contribution in [3.8, 4) is 22.4 Å². The number of nitrogens with zero attached hydrogens (tertiary/aromatic N) is 2. The van der Waals surface area contributed by atoms with Crippen LogP contribution in [0.15, 0.2) is 85.1 Å². The van der Waals surface area contributed by atoms with Gasteiger partial charge in [0.2, 0.25) is 11.8 Å². The third kappa shape index (κ3) is 5.98. The molecule has 3 aliphatic rings. The maximum atomic E-state index is 13.9. The second kappa shape index (κ2) is 12.1. The maximum Gasteiger partial charge on any atom is 0.250 e. The summed E-state index contributed by atoms with van der Waals surface area (Å²) in [5.74, 6) is 0.678. The molecule has 0 bridgehead atoms. The Bertz CT molecular complexity index is 1560. The lowest BCUT2D eigenvalue weighted by molar-refractivity contribution is -0.137. The van der Waals surface area contributed by atoms with E-state index in [0.29, 0.717) is 26.4 Å². The Labute approximate surface area is 251 Å².